The summed E-state index contributed by atoms with van der Waals surface area (Å²) in [5, 5.41) is 8.83. The minimum atomic E-state index is -0.135. The van der Waals surface area contributed by atoms with E-state index in [0.717, 1.165) is 22.6 Å². The normalized spacial score (nSPS) is 12.2. The van der Waals surface area contributed by atoms with Crippen LogP contribution < -0.4 is 5.32 Å². The first kappa shape index (κ1) is 23.0. The Labute approximate surface area is 218 Å². The predicted octanol–water partition coefficient (Wildman–Crippen LogP) is 9.38. The zero-order valence-corrected chi connectivity index (χ0v) is 21.2. The highest BCUT2D eigenvalue weighted by Gasteiger charge is 2.22. The minimum absolute atomic E-state index is 0.135. The highest BCUT2D eigenvalue weighted by Crippen LogP contribution is 2.38. The number of benzene rings is 5. The van der Waals surface area contributed by atoms with Gasteiger partial charge in [-0.2, -0.15) is 0 Å². The Balaban J connectivity index is 1.57. The fourth-order valence-corrected chi connectivity index (χ4v) is 5.17. The maximum atomic E-state index is 5.21. The van der Waals surface area contributed by atoms with Crippen molar-refractivity contribution >= 4 is 27.2 Å². The van der Waals surface area contributed by atoms with Crippen LogP contribution >= 0.6 is 0 Å². The number of hydrogen-bond acceptors (Lipinski definition) is 2. The molecule has 5 aromatic carbocycles. The van der Waals surface area contributed by atoms with Gasteiger partial charge in [-0.15, -0.1) is 0 Å². The molecule has 0 spiro atoms. The Hall–Kier alpha value is -4.43. The quantitative estimate of drug-likeness (QED) is 0.241. The van der Waals surface area contributed by atoms with Gasteiger partial charge in [0.25, 0.3) is 0 Å². The molecule has 2 heteroatoms. The number of nitrogens with zero attached hydrogens (tertiary/aromatic N) is 1. The van der Waals surface area contributed by atoms with Gasteiger partial charge in [-0.1, -0.05) is 111 Å². The van der Waals surface area contributed by atoms with E-state index in [1.165, 1.54) is 32.7 Å². The van der Waals surface area contributed by atoms with E-state index in [9.17, 15) is 0 Å². The minimum Gasteiger partial charge on any atom is -0.373 e. The summed E-state index contributed by atoms with van der Waals surface area (Å²) < 4.78 is 0. The van der Waals surface area contributed by atoms with Gasteiger partial charge in [0, 0.05) is 11.3 Å². The highest BCUT2D eigenvalue weighted by molar-refractivity contribution is 6.03. The molecule has 1 aromatic heterocycles. The van der Waals surface area contributed by atoms with Gasteiger partial charge in [0.05, 0.1) is 17.4 Å². The molecule has 6 aromatic rings. The van der Waals surface area contributed by atoms with Crippen molar-refractivity contribution in [2.45, 2.75) is 25.8 Å². The van der Waals surface area contributed by atoms with Crippen LogP contribution in [0.15, 0.2) is 127 Å². The molecule has 0 saturated carbocycles. The van der Waals surface area contributed by atoms with Crippen molar-refractivity contribution in [3.63, 3.8) is 0 Å². The summed E-state index contributed by atoms with van der Waals surface area (Å²) in [7, 11) is 0. The van der Waals surface area contributed by atoms with E-state index in [2.05, 4.69) is 140 Å². The lowest BCUT2D eigenvalue weighted by molar-refractivity contribution is 0.865. The zero-order chi connectivity index (χ0) is 25.2. The number of anilines is 1. The Kier molecular flexibility index (Phi) is 6.16. The standard InChI is InChI=1S/C35H30N2/c1-24(2)25-19-21-29(22-20-25)36-35(33-18-10-17-32(37-33)26-11-4-3-5-12-26)34-30-15-8-6-13-27(30)23-28-14-7-9-16-31(28)34/h3-24,35-36H,1-2H3. The van der Waals surface area contributed by atoms with Crippen LogP contribution in [0.5, 0.6) is 0 Å². The molecule has 37 heavy (non-hydrogen) atoms. The van der Waals surface area contributed by atoms with Crippen LogP contribution in [0.1, 0.15) is 42.6 Å². The SMILES string of the molecule is CC(C)c1ccc(NC(c2cccc(-c3ccccc3)n2)c2c3ccccc3cc3ccccc23)cc1. The Morgan fingerprint density at radius 3 is 1.86 bits per heavy atom. The van der Waals surface area contributed by atoms with Gasteiger partial charge >= 0.3 is 0 Å². The van der Waals surface area contributed by atoms with E-state index in [1.54, 1.807) is 0 Å². The molecule has 0 amide bonds. The second kappa shape index (κ2) is 9.91. The molecule has 0 radical (unpaired) electrons. The molecule has 180 valence electrons. The van der Waals surface area contributed by atoms with Gasteiger partial charge in [-0.05, 0) is 68.9 Å². The highest BCUT2D eigenvalue weighted by atomic mass is 15.0. The summed E-state index contributed by atoms with van der Waals surface area (Å²) >= 11 is 0. The van der Waals surface area contributed by atoms with Crippen LogP contribution in [0.3, 0.4) is 0 Å². The molecule has 0 fully saturated rings. The lowest BCUT2D eigenvalue weighted by Gasteiger charge is -2.24. The van der Waals surface area contributed by atoms with E-state index in [1.807, 2.05) is 6.07 Å². The third-order valence-corrected chi connectivity index (χ3v) is 7.13. The predicted molar refractivity (Wildman–Crippen MR) is 157 cm³/mol. The molecule has 0 aliphatic heterocycles. The Morgan fingerprint density at radius 2 is 1.22 bits per heavy atom. The molecule has 0 aliphatic rings. The van der Waals surface area contributed by atoms with Crippen molar-refractivity contribution in [1.29, 1.82) is 0 Å². The van der Waals surface area contributed by atoms with Gasteiger partial charge in [0.2, 0.25) is 0 Å². The van der Waals surface area contributed by atoms with Gasteiger partial charge in [-0.3, -0.25) is 4.98 Å². The largest absolute Gasteiger partial charge is 0.373 e. The summed E-state index contributed by atoms with van der Waals surface area (Å²) in [5.74, 6) is 0.496. The molecule has 0 bridgehead atoms. The first-order valence-corrected chi connectivity index (χ1v) is 13.0. The number of fused-ring (bicyclic) bond motifs is 2. The summed E-state index contributed by atoms with van der Waals surface area (Å²) in [6, 6.07) is 45.1. The number of nitrogens with one attached hydrogen (secondary N) is 1. The Bertz CT molecular complexity index is 1610. The molecule has 1 N–H and O–H groups in total. The van der Waals surface area contributed by atoms with Gasteiger partial charge in [0.1, 0.15) is 0 Å². The topological polar surface area (TPSA) is 24.9 Å². The fraction of sp³-hybridized carbons (Fsp3) is 0.114. The molecule has 0 aliphatic carbocycles. The van der Waals surface area contributed by atoms with E-state index in [-0.39, 0.29) is 6.04 Å². The maximum absolute atomic E-state index is 5.21. The molecule has 0 saturated heterocycles. The van der Waals surface area contributed by atoms with Gasteiger partial charge in [0.15, 0.2) is 0 Å². The summed E-state index contributed by atoms with van der Waals surface area (Å²) in [6.07, 6.45) is 0. The molecule has 1 unspecified atom stereocenters. The first-order valence-electron chi connectivity index (χ1n) is 13.0. The third-order valence-electron chi connectivity index (χ3n) is 7.13. The molecule has 1 heterocycles. The van der Waals surface area contributed by atoms with Crippen LogP contribution in [0.2, 0.25) is 0 Å². The number of rotatable bonds is 6. The van der Waals surface area contributed by atoms with Crippen LogP contribution in [-0.4, -0.2) is 4.98 Å². The fourth-order valence-electron chi connectivity index (χ4n) is 5.17. The zero-order valence-electron chi connectivity index (χ0n) is 21.2. The van der Waals surface area contributed by atoms with E-state index in [4.69, 9.17) is 4.98 Å². The Morgan fingerprint density at radius 1 is 0.595 bits per heavy atom. The van der Waals surface area contributed by atoms with Crippen LogP contribution in [0, 0.1) is 0 Å². The van der Waals surface area contributed by atoms with Crippen molar-refractivity contribution < 1.29 is 0 Å². The molecular formula is C35H30N2. The van der Waals surface area contributed by atoms with Crippen molar-refractivity contribution in [3.8, 4) is 11.3 Å². The smallest absolute Gasteiger partial charge is 0.0952 e. The van der Waals surface area contributed by atoms with Crippen LogP contribution in [0.25, 0.3) is 32.8 Å². The van der Waals surface area contributed by atoms with E-state index in [0.29, 0.717) is 5.92 Å². The number of hydrogen-bond donors (Lipinski definition) is 1. The van der Waals surface area contributed by atoms with Crippen LogP contribution in [-0.2, 0) is 0 Å². The van der Waals surface area contributed by atoms with Crippen molar-refractivity contribution in [1.82, 2.24) is 4.98 Å². The summed E-state index contributed by atoms with van der Waals surface area (Å²) in [4.78, 5) is 5.21. The third kappa shape index (κ3) is 4.59. The van der Waals surface area contributed by atoms with Crippen molar-refractivity contribution in [2.24, 2.45) is 0 Å². The molecule has 2 nitrogen and oxygen atoms in total. The molecule has 1 atom stereocenters. The lowest BCUT2D eigenvalue weighted by Crippen LogP contribution is -2.15. The second-order valence-corrected chi connectivity index (χ2v) is 9.90. The maximum Gasteiger partial charge on any atom is 0.0952 e. The van der Waals surface area contributed by atoms with Gasteiger partial charge in [-0.25, -0.2) is 0 Å². The average molecular weight is 479 g/mol. The number of aromatic nitrogens is 1. The van der Waals surface area contributed by atoms with Crippen molar-refractivity contribution in [2.75, 3.05) is 5.32 Å². The molecular weight excluding hydrogens is 448 g/mol. The van der Waals surface area contributed by atoms with E-state index >= 15 is 0 Å². The number of pyridine rings is 1. The van der Waals surface area contributed by atoms with Gasteiger partial charge < -0.3 is 5.32 Å². The monoisotopic (exact) mass is 478 g/mol. The lowest BCUT2D eigenvalue weighted by atomic mass is 9.90. The van der Waals surface area contributed by atoms with Crippen LogP contribution in [0.4, 0.5) is 5.69 Å². The summed E-state index contributed by atoms with van der Waals surface area (Å²) in [5.41, 5.74) is 6.76. The second-order valence-electron chi connectivity index (χ2n) is 9.90. The summed E-state index contributed by atoms with van der Waals surface area (Å²) in [6.45, 7) is 4.46. The first-order chi connectivity index (χ1) is 18.2. The van der Waals surface area contributed by atoms with Crippen molar-refractivity contribution in [3.05, 3.63) is 144 Å². The average Bonchev–Trinajstić information content (AvgIpc) is 2.95. The molecule has 6 rings (SSSR count). The van der Waals surface area contributed by atoms with E-state index < -0.39 is 0 Å².